The Morgan fingerprint density at radius 2 is 1.95 bits per heavy atom. The van der Waals surface area contributed by atoms with Gasteiger partial charge in [-0.15, -0.1) is 0 Å². The fourth-order valence-corrected chi connectivity index (χ4v) is 3.37. The van der Waals surface area contributed by atoms with E-state index in [2.05, 4.69) is 0 Å². The molecule has 0 unspecified atom stereocenters. The molecule has 3 heteroatoms. The predicted octanol–water partition coefficient (Wildman–Crippen LogP) is 4.02. The third kappa shape index (κ3) is 3.52. The maximum atomic E-state index is 12.9. The fourth-order valence-electron chi connectivity index (χ4n) is 3.37. The maximum Gasteiger partial charge on any atom is 0.306 e. The summed E-state index contributed by atoms with van der Waals surface area (Å²) < 4.78 is 5.07. The number of carbonyl (C=O) groups is 2. The smallest absolute Gasteiger partial charge is 0.306 e. The van der Waals surface area contributed by atoms with Crippen molar-refractivity contribution in [2.45, 2.75) is 46.0 Å². The Morgan fingerprint density at radius 3 is 2.62 bits per heavy atom. The van der Waals surface area contributed by atoms with E-state index in [-0.39, 0.29) is 17.7 Å². The Hall–Kier alpha value is -1.64. The molecule has 1 fully saturated rings. The Kier molecular flexibility index (Phi) is 5.16. The highest BCUT2D eigenvalue weighted by Gasteiger charge is 2.43. The monoisotopic (exact) mass is 288 g/mol. The molecule has 2 rings (SSSR count). The second kappa shape index (κ2) is 6.88. The summed E-state index contributed by atoms with van der Waals surface area (Å²) in [6.07, 6.45) is 4.26. The van der Waals surface area contributed by atoms with Crippen LogP contribution in [0.25, 0.3) is 0 Å². The summed E-state index contributed by atoms with van der Waals surface area (Å²) in [5, 5.41) is 0. The van der Waals surface area contributed by atoms with Crippen molar-refractivity contribution in [3.05, 3.63) is 35.9 Å². The Morgan fingerprint density at radius 1 is 1.24 bits per heavy atom. The summed E-state index contributed by atoms with van der Waals surface area (Å²) in [7, 11) is 0. The number of hydrogen-bond donors (Lipinski definition) is 0. The van der Waals surface area contributed by atoms with E-state index in [0.717, 1.165) is 31.2 Å². The molecule has 21 heavy (non-hydrogen) atoms. The molecule has 1 saturated carbocycles. The number of Topliss-reactive ketones (excluding diaryl/α,β-unsaturated/α-hetero) is 1. The summed E-state index contributed by atoms with van der Waals surface area (Å²) in [6.45, 7) is 4.23. The van der Waals surface area contributed by atoms with Crippen LogP contribution in [0.5, 0.6) is 0 Å². The minimum absolute atomic E-state index is 0.0815. The van der Waals surface area contributed by atoms with Crippen LogP contribution in [0.4, 0.5) is 0 Å². The van der Waals surface area contributed by atoms with Crippen molar-refractivity contribution in [3.63, 3.8) is 0 Å². The molecule has 0 bridgehead atoms. The molecule has 3 nitrogen and oxygen atoms in total. The van der Waals surface area contributed by atoms with Gasteiger partial charge in [-0.2, -0.15) is 0 Å². The lowest BCUT2D eigenvalue weighted by Crippen LogP contribution is -2.40. The van der Waals surface area contributed by atoms with Gasteiger partial charge in [0.15, 0.2) is 5.78 Å². The summed E-state index contributed by atoms with van der Waals surface area (Å²) in [5.41, 5.74) is 0.294. The van der Waals surface area contributed by atoms with Crippen molar-refractivity contribution in [2.75, 3.05) is 6.61 Å². The molecule has 0 spiro atoms. The second-order valence-electron chi connectivity index (χ2n) is 6.06. The summed E-state index contributed by atoms with van der Waals surface area (Å²) in [5.74, 6) is 0.0617. The first-order chi connectivity index (χ1) is 10.1. The first-order valence-electron chi connectivity index (χ1n) is 7.83. The van der Waals surface area contributed by atoms with Gasteiger partial charge < -0.3 is 4.74 Å². The summed E-state index contributed by atoms with van der Waals surface area (Å²) in [6, 6.07) is 9.42. The molecule has 0 aromatic heterocycles. The number of esters is 1. The van der Waals surface area contributed by atoms with Crippen molar-refractivity contribution < 1.29 is 14.3 Å². The highest BCUT2D eigenvalue weighted by molar-refractivity contribution is 6.00. The molecule has 0 saturated heterocycles. The van der Waals surface area contributed by atoms with Gasteiger partial charge in [0.1, 0.15) is 0 Å². The molecule has 1 aromatic rings. The number of benzene rings is 1. The Balaban J connectivity index is 2.19. The van der Waals surface area contributed by atoms with Crippen LogP contribution in [0.15, 0.2) is 30.3 Å². The first-order valence-corrected chi connectivity index (χ1v) is 7.83. The SMILES string of the molecule is CCOC(=O)C[C@H]1CCCC[C@]1(C)C(=O)c1ccccc1. The standard InChI is InChI=1S/C18H24O3/c1-3-21-16(19)13-15-11-7-8-12-18(15,2)17(20)14-9-5-4-6-10-14/h4-6,9-10,15H,3,7-8,11-13H2,1-2H3/t15-,18+/m1/s1. The molecule has 1 aromatic carbocycles. The van der Waals surface area contributed by atoms with Crippen LogP contribution in [0, 0.1) is 11.3 Å². The number of ether oxygens (including phenoxy) is 1. The number of rotatable bonds is 5. The third-order valence-electron chi connectivity index (χ3n) is 4.67. The van der Waals surface area contributed by atoms with Crippen LogP contribution < -0.4 is 0 Å². The Labute approximate surface area is 126 Å². The van der Waals surface area contributed by atoms with Gasteiger partial charge >= 0.3 is 5.97 Å². The van der Waals surface area contributed by atoms with Gasteiger partial charge in [-0.25, -0.2) is 0 Å². The zero-order valence-electron chi connectivity index (χ0n) is 12.9. The van der Waals surface area contributed by atoms with E-state index in [4.69, 9.17) is 4.74 Å². The molecule has 1 aliphatic rings. The maximum absolute atomic E-state index is 12.9. The van der Waals surface area contributed by atoms with Crippen molar-refractivity contribution in [3.8, 4) is 0 Å². The van der Waals surface area contributed by atoms with E-state index in [0.29, 0.717) is 13.0 Å². The molecule has 114 valence electrons. The van der Waals surface area contributed by atoms with Crippen molar-refractivity contribution in [1.29, 1.82) is 0 Å². The van der Waals surface area contributed by atoms with Gasteiger partial charge in [-0.1, -0.05) is 50.1 Å². The van der Waals surface area contributed by atoms with Gasteiger partial charge in [0, 0.05) is 17.4 Å². The molecular weight excluding hydrogens is 264 g/mol. The topological polar surface area (TPSA) is 43.4 Å². The normalized spacial score (nSPS) is 25.3. The summed E-state index contributed by atoms with van der Waals surface area (Å²) in [4.78, 5) is 24.7. The molecule has 0 heterocycles. The van der Waals surface area contributed by atoms with Gasteiger partial charge in [0.05, 0.1) is 6.61 Å². The van der Waals surface area contributed by atoms with Gasteiger partial charge in [-0.05, 0) is 25.7 Å². The lowest BCUT2D eigenvalue weighted by Gasteiger charge is -2.40. The molecular formula is C18H24O3. The van der Waals surface area contributed by atoms with Gasteiger partial charge in [-0.3, -0.25) is 9.59 Å². The third-order valence-corrected chi connectivity index (χ3v) is 4.67. The van der Waals surface area contributed by atoms with Crippen molar-refractivity contribution in [1.82, 2.24) is 0 Å². The number of ketones is 1. The van der Waals surface area contributed by atoms with Crippen LogP contribution >= 0.6 is 0 Å². The highest BCUT2D eigenvalue weighted by atomic mass is 16.5. The van der Waals surface area contributed by atoms with Gasteiger partial charge in [0.2, 0.25) is 0 Å². The van der Waals surface area contributed by atoms with Crippen molar-refractivity contribution in [2.24, 2.45) is 11.3 Å². The summed E-state index contributed by atoms with van der Waals surface area (Å²) >= 11 is 0. The van der Waals surface area contributed by atoms with E-state index in [1.807, 2.05) is 44.2 Å². The Bertz CT molecular complexity index is 494. The zero-order chi connectivity index (χ0) is 15.3. The quantitative estimate of drug-likeness (QED) is 0.607. The van der Waals surface area contributed by atoms with Crippen LogP contribution in [0.3, 0.4) is 0 Å². The van der Waals surface area contributed by atoms with Crippen LogP contribution in [0.2, 0.25) is 0 Å². The number of hydrogen-bond acceptors (Lipinski definition) is 3. The average molecular weight is 288 g/mol. The van der Waals surface area contributed by atoms with E-state index in [9.17, 15) is 9.59 Å². The van der Waals surface area contributed by atoms with Gasteiger partial charge in [0.25, 0.3) is 0 Å². The molecule has 0 amide bonds. The van der Waals surface area contributed by atoms with E-state index >= 15 is 0 Å². The molecule has 2 atom stereocenters. The molecule has 0 aliphatic heterocycles. The van der Waals surface area contributed by atoms with E-state index in [1.54, 1.807) is 0 Å². The minimum Gasteiger partial charge on any atom is -0.466 e. The lowest BCUT2D eigenvalue weighted by atomic mass is 9.63. The first kappa shape index (κ1) is 15.7. The molecule has 0 N–H and O–H groups in total. The molecule has 0 radical (unpaired) electrons. The van der Waals surface area contributed by atoms with E-state index in [1.165, 1.54) is 0 Å². The zero-order valence-corrected chi connectivity index (χ0v) is 12.9. The fraction of sp³-hybridized carbons (Fsp3) is 0.556. The minimum atomic E-state index is -0.452. The highest BCUT2D eigenvalue weighted by Crippen LogP contribution is 2.45. The van der Waals surface area contributed by atoms with Crippen LogP contribution in [-0.4, -0.2) is 18.4 Å². The molecule has 1 aliphatic carbocycles. The second-order valence-corrected chi connectivity index (χ2v) is 6.06. The average Bonchev–Trinajstić information content (AvgIpc) is 2.50. The largest absolute Gasteiger partial charge is 0.466 e. The predicted molar refractivity (Wildman–Crippen MR) is 82.1 cm³/mol. The number of carbonyl (C=O) groups excluding carboxylic acids is 2. The lowest BCUT2D eigenvalue weighted by molar-refractivity contribution is -0.145. The van der Waals surface area contributed by atoms with E-state index < -0.39 is 5.41 Å². The van der Waals surface area contributed by atoms with Crippen LogP contribution in [-0.2, 0) is 9.53 Å². The van der Waals surface area contributed by atoms with Crippen LogP contribution in [0.1, 0.15) is 56.3 Å². The van der Waals surface area contributed by atoms with Crippen molar-refractivity contribution >= 4 is 11.8 Å².